The van der Waals surface area contributed by atoms with Crippen molar-refractivity contribution in [3.8, 4) is 0 Å². The summed E-state index contributed by atoms with van der Waals surface area (Å²) in [7, 11) is 0. The summed E-state index contributed by atoms with van der Waals surface area (Å²) in [6, 6.07) is 9.03. The van der Waals surface area contributed by atoms with Crippen LogP contribution in [0.4, 0.5) is 5.69 Å². The van der Waals surface area contributed by atoms with E-state index in [1.54, 1.807) is 12.1 Å². The first-order valence-corrected chi connectivity index (χ1v) is 5.75. The molecule has 0 aromatic heterocycles. The summed E-state index contributed by atoms with van der Waals surface area (Å²) < 4.78 is 5.31. The van der Waals surface area contributed by atoms with Gasteiger partial charge >= 0.3 is 0 Å². The van der Waals surface area contributed by atoms with E-state index in [0.29, 0.717) is 5.69 Å². The third-order valence-electron chi connectivity index (χ3n) is 2.97. The Bertz CT molecular complexity index is 372. The standard InChI is InChI=1S/C12H17NO5/c14-6-8-9(15)10(16)11(17)12(18-8)13-7-4-2-1-3-5-7/h1-5,8-17H,6H2/t8-,9-,10+,11+,12-/m1/s1. The molecule has 1 aliphatic heterocycles. The van der Waals surface area contributed by atoms with Crippen LogP contribution in [0.15, 0.2) is 30.3 Å². The first-order valence-electron chi connectivity index (χ1n) is 5.75. The van der Waals surface area contributed by atoms with Crippen molar-refractivity contribution in [3.05, 3.63) is 30.3 Å². The molecule has 0 bridgehead atoms. The lowest BCUT2D eigenvalue weighted by Gasteiger charge is -2.40. The lowest BCUT2D eigenvalue weighted by Crippen LogP contribution is -2.60. The molecule has 6 nitrogen and oxygen atoms in total. The predicted octanol–water partition coefficient (Wildman–Crippen LogP) is -1.10. The second kappa shape index (κ2) is 5.64. The number of rotatable bonds is 3. The van der Waals surface area contributed by atoms with Gasteiger partial charge in [0, 0.05) is 5.69 Å². The van der Waals surface area contributed by atoms with Gasteiger partial charge in [-0.15, -0.1) is 0 Å². The van der Waals surface area contributed by atoms with Crippen LogP contribution in [0.3, 0.4) is 0 Å². The highest BCUT2D eigenvalue weighted by atomic mass is 16.6. The summed E-state index contributed by atoms with van der Waals surface area (Å²) in [6.45, 7) is -0.433. The number of para-hydroxylation sites is 1. The molecule has 100 valence electrons. The number of benzene rings is 1. The monoisotopic (exact) mass is 255 g/mol. The van der Waals surface area contributed by atoms with Gasteiger partial charge in [0.15, 0.2) is 6.23 Å². The first-order chi connectivity index (χ1) is 8.63. The van der Waals surface area contributed by atoms with E-state index in [0.717, 1.165) is 0 Å². The van der Waals surface area contributed by atoms with Crippen molar-refractivity contribution in [2.24, 2.45) is 0 Å². The van der Waals surface area contributed by atoms with Crippen LogP contribution in [-0.4, -0.2) is 57.7 Å². The van der Waals surface area contributed by atoms with Crippen LogP contribution >= 0.6 is 0 Å². The number of hydrogen-bond acceptors (Lipinski definition) is 6. The molecule has 1 fully saturated rings. The fraction of sp³-hybridized carbons (Fsp3) is 0.500. The third kappa shape index (κ3) is 2.63. The molecule has 1 saturated heterocycles. The Morgan fingerprint density at radius 2 is 1.67 bits per heavy atom. The van der Waals surface area contributed by atoms with Crippen LogP contribution < -0.4 is 5.32 Å². The molecule has 5 atom stereocenters. The molecule has 2 rings (SSSR count). The Morgan fingerprint density at radius 3 is 2.28 bits per heavy atom. The Morgan fingerprint density at radius 1 is 1.00 bits per heavy atom. The number of nitrogens with one attached hydrogen (secondary N) is 1. The second-order valence-corrected chi connectivity index (χ2v) is 4.26. The number of aliphatic hydroxyl groups excluding tert-OH is 4. The zero-order chi connectivity index (χ0) is 13.1. The lowest BCUT2D eigenvalue weighted by atomic mass is 9.98. The fourth-order valence-electron chi connectivity index (χ4n) is 1.92. The maximum Gasteiger partial charge on any atom is 0.157 e. The van der Waals surface area contributed by atoms with Crippen LogP contribution in [0.1, 0.15) is 0 Å². The van der Waals surface area contributed by atoms with Crippen molar-refractivity contribution in [1.29, 1.82) is 0 Å². The Balaban J connectivity index is 2.08. The van der Waals surface area contributed by atoms with E-state index < -0.39 is 37.3 Å². The molecular weight excluding hydrogens is 238 g/mol. The molecular formula is C12H17NO5. The van der Waals surface area contributed by atoms with Crippen molar-refractivity contribution in [2.75, 3.05) is 11.9 Å². The third-order valence-corrected chi connectivity index (χ3v) is 2.97. The van der Waals surface area contributed by atoms with Crippen LogP contribution in [0.25, 0.3) is 0 Å². The van der Waals surface area contributed by atoms with Crippen molar-refractivity contribution in [1.82, 2.24) is 0 Å². The summed E-state index contributed by atoms with van der Waals surface area (Å²) in [4.78, 5) is 0. The van der Waals surface area contributed by atoms with E-state index in [1.165, 1.54) is 0 Å². The number of anilines is 1. The number of aliphatic hydroxyl groups is 4. The molecule has 0 aliphatic carbocycles. The van der Waals surface area contributed by atoms with Gasteiger partial charge in [-0.3, -0.25) is 0 Å². The highest BCUT2D eigenvalue weighted by molar-refractivity contribution is 5.43. The molecule has 1 aromatic rings. The molecule has 0 unspecified atom stereocenters. The molecule has 0 saturated carbocycles. The van der Waals surface area contributed by atoms with Gasteiger partial charge in [-0.25, -0.2) is 0 Å². The quantitative estimate of drug-likeness (QED) is 0.470. The maximum atomic E-state index is 9.80. The van der Waals surface area contributed by atoms with E-state index in [9.17, 15) is 15.3 Å². The summed E-state index contributed by atoms with van der Waals surface area (Å²) >= 11 is 0. The minimum Gasteiger partial charge on any atom is -0.394 e. The zero-order valence-corrected chi connectivity index (χ0v) is 9.68. The summed E-state index contributed by atoms with van der Waals surface area (Å²) in [5.74, 6) is 0. The van der Waals surface area contributed by atoms with Crippen LogP contribution in [0.2, 0.25) is 0 Å². The molecule has 1 aliphatic rings. The maximum absolute atomic E-state index is 9.80. The Hall–Kier alpha value is -1.18. The van der Waals surface area contributed by atoms with E-state index in [1.807, 2.05) is 18.2 Å². The van der Waals surface area contributed by atoms with E-state index in [2.05, 4.69) is 5.32 Å². The van der Waals surface area contributed by atoms with Gasteiger partial charge in [-0.2, -0.15) is 0 Å². The molecule has 6 heteroatoms. The molecule has 1 aromatic carbocycles. The SMILES string of the molecule is OC[C@H]1O[C@@H](Nc2ccccc2)[C@@H](O)[C@@H](O)[C@@H]1O. The van der Waals surface area contributed by atoms with Gasteiger partial charge in [0.1, 0.15) is 24.4 Å². The zero-order valence-electron chi connectivity index (χ0n) is 9.68. The van der Waals surface area contributed by atoms with Gasteiger partial charge in [-0.1, -0.05) is 18.2 Å². The highest BCUT2D eigenvalue weighted by Crippen LogP contribution is 2.22. The average Bonchev–Trinajstić information content (AvgIpc) is 2.40. The number of hydrogen-bond donors (Lipinski definition) is 5. The molecule has 0 amide bonds. The van der Waals surface area contributed by atoms with Gasteiger partial charge in [0.05, 0.1) is 6.61 Å². The van der Waals surface area contributed by atoms with Gasteiger partial charge < -0.3 is 30.5 Å². The normalized spacial score (nSPS) is 36.3. The molecule has 0 spiro atoms. The molecule has 18 heavy (non-hydrogen) atoms. The lowest BCUT2D eigenvalue weighted by molar-refractivity contribution is -0.221. The van der Waals surface area contributed by atoms with Crippen LogP contribution in [0.5, 0.6) is 0 Å². The van der Waals surface area contributed by atoms with E-state index in [4.69, 9.17) is 9.84 Å². The first kappa shape index (κ1) is 13.3. The minimum atomic E-state index is -1.36. The van der Waals surface area contributed by atoms with Crippen LogP contribution in [0, 0.1) is 0 Å². The Labute approximate surface area is 104 Å². The molecule has 1 heterocycles. The molecule has 0 radical (unpaired) electrons. The topological polar surface area (TPSA) is 102 Å². The number of ether oxygens (including phenoxy) is 1. The Kier molecular flexibility index (Phi) is 4.15. The van der Waals surface area contributed by atoms with E-state index >= 15 is 0 Å². The summed E-state index contributed by atoms with van der Waals surface area (Å²) in [5, 5.41) is 41.0. The minimum absolute atomic E-state index is 0.433. The van der Waals surface area contributed by atoms with Crippen molar-refractivity contribution < 1.29 is 25.2 Å². The van der Waals surface area contributed by atoms with Crippen molar-refractivity contribution in [3.63, 3.8) is 0 Å². The smallest absolute Gasteiger partial charge is 0.157 e. The highest BCUT2D eigenvalue weighted by Gasteiger charge is 2.43. The van der Waals surface area contributed by atoms with Crippen molar-refractivity contribution in [2.45, 2.75) is 30.6 Å². The predicted molar refractivity (Wildman–Crippen MR) is 63.8 cm³/mol. The van der Waals surface area contributed by atoms with Gasteiger partial charge in [0.2, 0.25) is 0 Å². The summed E-state index contributed by atoms with van der Waals surface area (Å²) in [6.07, 6.45) is -5.76. The van der Waals surface area contributed by atoms with Crippen LogP contribution in [-0.2, 0) is 4.74 Å². The van der Waals surface area contributed by atoms with E-state index in [-0.39, 0.29) is 0 Å². The van der Waals surface area contributed by atoms with Gasteiger partial charge in [-0.05, 0) is 12.1 Å². The fourth-order valence-corrected chi connectivity index (χ4v) is 1.92. The average molecular weight is 255 g/mol. The second-order valence-electron chi connectivity index (χ2n) is 4.26. The van der Waals surface area contributed by atoms with Gasteiger partial charge in [0.25, 0.3) is 0 Å². The van der Waals surface area contributed by atoms with Crippen molar-refractivity contribution >= 4 is 5.69 Å². The molecule has 5 N–H and O–H groups in total. The summed E-state index contributed by atoms with van der Waals surface area (Å²) in [5.41, 5.74) is 0.710. The largest absolute Gasteiger partial charge is 0.394 e.